The number of nitrogens with zero attached hydrogens (tertiary/aromatic N) is 1. The van der Waals surface area contributed by atoms with E-state index in [1.54, 1.807) is 7.11 Å². The van der Waals surface area contributed by atoms with Crippen LogP contribution >= 0.6 is 23.1 Å². The average Bonchev–Trinajstić information content (AvgIpc) is 3.14. The molecule has 1 atom stereocenters. The van der Waals surface area contributed by atoms with E-state index >= 15 is 0 Å². The molecule has 1 aromatic heterocycles. The number of thiazole rings is 1. The zero-order valence-corrected chi connectivity index (χ0v) is 18.9. The summed E-state index contributed by atoms with van der Waals surface area (Å²) in [6, 6.07) is 13.2. The van der Waals surface area contributed by atoms with Crippen LogP contribution in [0.3, 0.4) is 0 Å². The van der Waals surface area contributed by atoms with Gasteiger partial charge in [0.2, 0.25) is 11.8 Å². The van der Waals surface area contributed by atoms with Crippen molar-refractivity contribution in [1.82, 2.24) is 4.98 Å². The fourth-order valence-corrected chi connectivity index (χ4v) is 4.49. The number of amides is 2. The summed E-state index contributed by atoms with van der Waals surface area (Å²) in [5.74, 6) is 0.680. The van der Waals surface area contributed by atoms with Gasteiger partial charge in [-0.05, 0) is 55.8 Å². The van der Waals surface area contributed by atoms with E-state index in [0.29, 0.717) is 11.6 Å². The molecule has 2 N–H and O–H groups in total. The molecule has 0 saturated heterocycles. The van der Waals surface area contributed by atoms with E-state index < -0.39 is 0 Å². The van der Waals surface area contributed by atoms with Crippen molar-refractivity contribution in [2.24, 2.45) is 0 Å². The number of hydrogen-bond donors (Lipinski definition) is 2. The number of carbonyl (C=O) groups is 2. The molecular weight excluding hydrogens is 418 g/mol. The van der Waals surface area contributed by atoms with Crippen molar-refractivity contribution in [3.05, 3.63) is 42.5 Å². The van der Waals surface area contributed by atoms with Crippen LogP contribution in [0.4, 0.5) is 10.8 Å². The van der Waals surface area contributed by atoms with Gasteiger partial charge < -0.3 is 15.4 Å². The van der Waals surface area contributed by atoms with Crippen molar-refractivity contribution < 1.29 is 14.3 Å². The lowest BCUT2D eigenvalue weighted by molar-refractivity contribution is -0.116. The van der Waals surface area contributed by atoms with Gasteiger partial charge in [-0.25, -0.2) is 4.98 Å². The molecule has 158 valence electrons. The highest BCUT2D eigenvalue weighted by molar-refractivity contribution is 8.00. The summed E-state index contributed by atoms with van der Waals surface area (Å²) in [7, 11) is 1.62. The Morgan fingerprint density at radius 2 is 1.93 bits per heavy atom. The second-order valence-corrected chi connectivity index (χ2v) is 9.22. The maximum absolute atomic E-state index is 12.6. The first-order chi connectivity index (χ1) is 14.5. The fraction of sp³-hybridized carbons (Fsp3) is 0.318. The predicted molar refractivity (Wildman–Crippen MR) is 125 cm³/mol. The number of anilines is 2. The topological polar surface area (TPSA) is 80.3 Å². The molecule has 2 amide bonds. The summed E-state index contributed by atoms with van der Waals surface area (Å²) in [5.41, 5.74) is 1.59. The summed E-state index contributed by atoms with van der Waals surface area (Å²) in [4.78, 5) is 29.8. The number of carbonyl (C=O) groups excluding carboxylic acids is 2. The number of rotatable bonds is 9. The van der Waals surface area contributed by atoms with Gasteiger partial charge in [-0.1, -0.05) is 24.7 Å². The number of nitrogens with one attached hydrogen (secondary N) is 2. The Labute approximate surface area is 184 Å². The minimum Gasteiger partial charge on any atom is -0.497 e. The van der Waals surface area contributed by atoms with Crippen LogP contribution in [-0.4, -0.2) is 29.2 Å². The highest BCUT2D eigenvalue weighted by Gasteiger charge is 2.17. The Bertz CT molecular complexity index is 1020. The summed E-state index contributed by atoms with van der Waals surface area (Å²) in [6.07, 6.45) is 2.41. The number of fused-ring (bicyclic) bond motifs is 1. The molecule has 2 aromatic carbocycles. The van der Waals surface area contributed by atoms with Crippen LogP contribution in [0.25, 0.3) is 10.2 Å². The van der Waals surface area contributed by atoms with Crippen LogP contribution < -0.4 is 15.4 Å². The maximum atomic E-state index is 12.6. The fourth-order valence-electron chi connectivity index (χ4n) is 2.73. The van der Waals surface area contributed by atoms with Crippen LogP contribution in [0.1, 0.15) is 33.1 Å². The highest BCUT2D eigenvalue weighted by atomic mass is 32.2. The largest absolute Gasteiger partial charge is 0.497 e. The van der Waals surface area contributed by atoms with E-state index in [1.165, 1.54) is 23.1 Å². The SMILES string of the molecule is CCCCC(=O)Nc1ccc(SC(C)C(=O)Nc2nc3ccc(OC)cc3s2)cc1. The van der Waals surface area contributed by atoms with Gasteiger partial charge in [-0.3, -0.25) is 9.59 Å². The van der Waals surface area contributed by atoms with Crippen molar-refractivity contribution in [2.45, 2.75) is 43.3 Å². The standard InChI is InChI=1S/C22H25N3O3S2/c1-4-5-6-20(26)23-15-7-10-17(11-8-15)29-14(2)21(27)25-22-24-18-12-9-16(28-3)13-19(18)30-22/h7-14H,4-6H2,1-3H3,(H,23,26)(H,24,25,27). The monoisotopic (exact) mass is 443 g/mol. The molecule has 0 spiro atoms. The first-order valence-corrected chi connectivity index (χ1v) is 11.5. The molecule has 0 saturated carbocycles. The van der Waals surface area contributed by atoms with Crippen LogP contribution in [0.2, 0.25) is 0 Å². The molecule has 0 aliphatic carbocycles. The summed E-state index contributed by atoms with van der Waals surface area (Å²) >= 11 is 2.88. The first-order valence-electron chi connectivity index (χ1n) is 9.80. The summed E-state index contributed by atoms with van der Waals surface area (Å²) < 4.78 is 6.19. The Hall–Kier alpha value is -2.58. The predicted octanol–water partition coefficient (Wildman–Crippen LogP) is 5.55. The third-order valence-electron chi connectivity index (χ3n) is 4.40. The number of hydrogen-bond acceptors (Lipinski definition) is 6. The number of ether oxygens (including phenoxy) is 1. The molecule has 1 heterocycles. The van der Waals surface area contributed by atoms with Crippen molar-refractivity contribution in [1.29, 1.82) is 0 Å². The molecule has 0 fully saturated rings. The molecule has 0 radical (unpaired) electrons. The van der Waals surface area contributed by atoms with Crippen LogP contribution in [0.5, 0.6) is 5.75 Å². The van der Waals surface area contributed by atoms with Gasteiger partial charge in [0.15, 0.2) is 5.13 Å². The van der Waals surface area contributed by atoms with Gasteiger partial charge >= 0.3 is 0 Å². The molecule has 0 aliphatic rings. The smallest absolute Gasteiger partial charge is 0.239 e. The van der Waals surface area contributed by atoms with Gasteiger partial charge in [0.1, 0.15) is 5.75 Å². The Kier molecular flexibility index (Phi) is 7.70. The normalized spacial score (nSPS) is 11.8. The quantitative estimate of drug-likeness (QED) is 0.424. The number of benzene rings is 2. The van der Waals surface area contributed by atoms with Crippen molar-refractivity contribution in [3.8, 4) is 5.75 Å². The maximum Gasteiger partial charge on any atom is 0.239 e. The molecular formula is C22H25N3O3S2. The van der Waals surface area contributed by atoms with Crippen molar-refractivity contribution in [3.63, 3.8) is 0 Å². The first kappa shape index (κ1) is 22.1. The second kappa shape index (κ2) is 10.4. The molecule has 3 aromatic rings. The summed E-state index contributed by atoms with van der Waals surface area (Å²) in [5, 5.41) is 6.06. The molecule has 1 unspecified atom stereocenters. The highest BCUT2D eigenvalue weighted by Crippen LogP contribution is 2.30. The number of thioether (sulfide) groups is 1. The minimum absolute atomic E-state index is 0.0263. The third-order valence-corrected chi connectivity index (χ3v) is 6.45. The minimum atomic E-state index is -0.295. The molecule has 6 nitrogen and oxygen atoms in total. The molecule has 30 heavy (non-hydrogen) atoms. The number of aromatic nitrogens is 1. The second-order valence-electron chi connectivity index (χ2n) is 6.78. The van der Waals surface area contributed by atoms with E-state index in [0.717, 1.165) is 39.4 Å². The van der Waals surface area contributed by atoms with Gasteiger partial charge in [0, 0.05) is 17.0 Å². The van der Waals surface area contributed by atoms with Crippen LogP contribution in [-0.2, 0) is 9.59 Å². The Morgan fingerprint density at radius 3 is 2.63 bits per heavy atom. The zero-order valence-electron chi connectivity index (χ0n) is 17.2. The average molecular weight is 444 g/mol. The van der Waals surface area contributed by atoms with E-state index in [1.807, 2.05) is 49.4 Å². The molecule has 8 heteroatoms. The third kappa shape index (κ3) is 5.96. The van der Waals surface area contributed by atoms with E-state index in [2.05, 4.69) is 22.5 Å². The Morgan fingerprint density at radius 1 is 1.17 bits per heavy atom. The summed E-state index contributed by atoms with van der Waals surface area (Å²) in [6.45, 7) is 3.92. The van der Waals surface area contributed by atoms with Crippen LogP contribution in [0, 0.1) is 0 Å². The lowest BCUT2D eigenvalue weighted by atomic mass is 10.2. The van der Waals surface area contributed by atoms with E-state index in [4.69, 9.17) is 4.74 Å². The van der Waals surface area contributed by atoms with Crippen molar-refractivity contribution >= 4 is 55.9 Å². The van der Waals surface area contributed by atoms with E-state index in [9.17, 15) is 9.59 Å². The lowest BCUT2D eigenvalue weighted by Gasteiger charge is -2.11. The van der Waals surface area contributed by atoms with Gasteiger partial charge in [0.05, 0.1) is 22.6 Å². The van der Waals surface area contributed by atoms with Crippen molar-refractivity contribution in [2.75, 3.05) is 17.7 Å². The van der Waals surface area contributed by atoms with Gasteiger partial charge in [0.25, 0.3) is 0 Å². The number of unbranched alkanes of at least 4 members (excludes halogenated alkanes) is 1. The van der Waals surface area contributed by atoms with E-state index in [-0.39, 0.29) is 17.1 Å². The number of methoxy groups -OCH3 is 1. The molecule has 0 aliphatic heterocycles. The zero-order chi connectivity index (χ0) is 21.5. The lowest BCUT2D eigenvalue weighted by Crippen LogP contribution is -2.22. The molecule has 0 bridgehead atoms. The molecule has 3 rings (SSSR count). The van der Waals surface area contributed by atoms with Gasteiger partial charge in [-0.2, -0.15) is 0 Å². The Balaban J connectivity index is 1.55. The van der Waals surface area contributed by atoms with Crippen LogP contribution in [0.15, 0.2) is 47.4 Å². The van der Waals surface area contributed by atoms with Gasteiger partial charge in [-0.15, -0.1) is 11.8 Å².